The summed E-state index contributed by atoms with van der Waals surface area (Å²) in [6, 6.07) is 10.6. The number of sulfonamides is 2. The molecule has 0 aromatic heterocycles. The molecule has 11 heteroatoms. The number of anilines is 2. The third-order valence-electron chi connectivity index (χ3n) is 4.73. The summed E-state index contributed by atoms with van der Waals surface area (Å²) in [5.41, 5.74) is 0.487. The van der Waals surface area contributed by atoms with Crippen LogP contribution in [0.2, 0.25) is 0 Å². The lowest BCUT2D eigenvalue weighted by molar-refractivity contribution is -0.120. The Morgan fingerprint density at radius 3 is 2.40 bits per heavy atom. The topological polar surface area (TPSA) is 113 Å². The molecular formula is C19H22FN3O5S2. The third-order valence-corrected chi connectivity index (χ3v) is 7.40. The number of piperidine rings is 1. The van der Waals surface area contributed by atoms with Gasteiger partial charge < -0.3 is 5.32 Å². The van der Waals surface area contributed by atoms with Gasteiger partial charge in [0.25, 0.3) is 10.0 Å². The Bertz CT molecular complexity index is 1140. The largest absolute Gasteiger partial charge is 0.326 e. The molecule has 0 spiro atoms. The first-order valence-corrected chi connectivity index (χ1v) is 12.5. The molecule has 8 nitrogen and oxygen atoms in total. The molecule has 1 aliphatic heterocycles. The van der Waals surface area contributed by atoms with Crippen molar-refractivity contribution in [3.05, 3.63) is 54.3 Å². The number of carbonyl (C=O) groups excluding carboxylic acids is 1. The summed E-state index contributed by atoms with van der Waals surface area (Å²) in [4.78, 5) is 12.4. The first-order valence-electron chi connectivity index (χ1n) is 9.19. The zero-order valence-corrected chi connectivity index (χ0v) is 17.8. The van der Waals surface area contributed by atoms with E-state index in [1.807, 2.05) is 0 Å². The van der Waals surface area contributed by atoms with Crippen molar-refractivity contribution in [2.24, 2.45) is 5.92 Å². The molecule has 2 aromatic rings. The highest BCUT2D eigenvalue weighted by Crippen LogP contribution is 2.22. The maximum atomic E-state index is 13.3. The van der Waals surface area contributed by atoms with Crippen molar-refractivity contribution < 1.29 is 26.0 Å². The monoisotopic (exact) mass is 455 g/mol. The summed E-state index contributed by atoms with van der Waals surface area (Å²) >= 11 is 0. The Morgan fingerprint density at radius 2 is 1.77 bits per heavy atom. The van der Waals surface area contributed by atoms with E-state index >= 15 is 0 Å². The van der Waals surface area contributed by atoms with Crippen LogP contribution >= 0.6 is 0 Å². The fraction of sp³-hybridized carbons (Fsp3) is 0.316. The summed E-state index contributed by atoms with van der Waals surface area (Å²) in [5.74, 6) is -1.37. The first-order chi connectivity index (χ1) is 14.0. The summed E-state index contributed by atoms with van der Waals surface area (Å²) in [6.45, 7) is 0.516. The van der Waals surface area contributed by atoms with Crippen LogP contribution in [0.25, 0.3) is 0 Å². The number of hydrogen-bond acceptors (Lipinski definition) is 5. The van der Waals surface area contributed by atoms with Crippen LogP contribution in [0.5, 0.6) is 0 Å². The lowest BCUT2D eigenvalue weighted by Gasteiger charge is -2.30. The number of rotatable bonds is 6. The highest BCUT2D eigenvalue weighted by molar-refractivity contribution is 7.92. The molecule has 30 heavy (non-hydrogen) atoms. The summed E-state index contributed by atoms with van der Waals surface area (Å²) < 4.78 is 65.1. The van der Waals surface area contributed by atoms with Gasteiger partial charge in [0.15, 0.2) is 0 Å². The van der Waals surface area contributed by atoms with E-state index < -0.39 is 31.8 Å². The second kappa shape index (κ2) is 8.70. The molecular weight excluding hydrogens is 433 g/mol. The van der Waals surface area contributed by atoms with Gasteiger partial charge in [-0.1, -0.05) is 6.07 Å². The summed E-state index contributed by atoms with van der Waals surface area (Å²) in [5, 5.41) is 2.69. The van der Waals surface area contributed by atoms with Gasteiger partial charge in [0.1, 0.15) is 5.82 Å². The number of benzene rings is 2. The Balaban J connectivity index is 1.66. The van der Waals surface area contributed by atoms with Crippen LogP contribution < -0.4 is 10.0 Å². The minimum atomic E-state index is -3.92. The molecule has 1 aliphatic rings. The molecule has 1 fully saturated rings. The number of nitrogens with one attached hydrogen (secondary N) is 2. The van der Waals surface area contributed by atoms with Crippen molar-refractivity contribution in [3.63, 3.8) is 0 Å². The second-order valence-corrected chi connectivity index (χ2v) is 10.8. The molecule has 1 atom stereocenters. The number of nitrogens with zero attached hydrogens (tertiary/aromatic N) is 1. The lowest BCUT2D eigenvalue weighted by atomic mass is 9.99. The van der Waals surface area contributed by atoms with Crippen LogP contribution in [0, 0.1) is 11.7 Å². The van der Waals surface area contributed by atoms with Crippen LogP contribution in [-0.2, 0) is 24.8 Å². The van der Waals surface area contributed by atoms with Crippen molar-refractivity contribution in [1.82, 2.24) is 4.31 Å². The van der Waals surface area contributed by atoms with Gasteiger partial charge in [0.05, 0.1) is 22.8 Å². The van der Waals surface area contributed by atoms with Crippen LogP contribution in [0.1, 0.15) is 12.8 Å². The number of amides is 1. The standard InChI is InChI=1S/C19H22FN3O5S2/c1-29(25,26)23-11-3-4-14(13-23)19(24)21-16-7-9-18(10-8-16)30(27,28)22-17-6-2-5-15(20)12-17/h2,5-10,12,14,22H,3-4,11,13H2,1H3,(H,21,24). The Morgan fingerprint density at radius 1 is 1.07 bits per heavy atom. The highest BCUT2D eigenvalue weighted by Gasteiger charge is 2.30. The normalized spacial score (nSPS) is 18.0. The van der Waals surface area contributed by atoms with Crippen molar-refractivity contribution in [2.45, 2.75) is 17.7 Å². The van der Waals surface area contributed by atoms with E-state index in [0.717, 1.165) is 12.3 Å². The van der Waals surface area contributed by atoms with E-state index in [4.69, 9.17) is 0 Å². The molecule has 0 aliphatic carbocycles. The summed E-state index contributed by atoms with van der Waals surface area (Å²) in [7, 11) is -7.28. The molecule has 2 aromatic carbocycles. The van der Waals surface area contributed by atoms with Crippen molar-refractivity contribution in [2.75, 3.05) is 29.4 Å². The van der Waals surface area contributed by atoms with Crippen LogP contribution in [0.3, 0.4) is 0 Å². The zero-order valence-electron chi connectivity index (χ0n) is 16.2. The second-order valence-electron chi connectivity index (χ2n) is 7.09. The molecule has 1 amide bonds. The zero-order chi connectivity index (χ0) is 21.9. The highest BCUT2D eigenvalue weighted by atomic mass is 32.2. The summed E-state index contributed by atoms with van der Waals surface area (Å²) in [6.07, 6.45) is 2.28. The van der Waals surface area contributed by atoms with Crippen LogP contribution in [0.15, 0.2) is 53.4 Å². The molecule has 0 radical (unpaired) electrons. The van der Waals surface area contributed by atoms with Crippen LogP contribution in [0.4, 0.5) is 15.8 Å². The Labute approximate surface area is 175 Å². The average molecular weight is 456 g/mol. The van der Waals surface area contributed by atoms with E-state index in [0.29, 0.717) is 25.1 Å². The van der Waals surface area contributed by atoms with E-state index in [2.05, 4.69) is 10.0 Å². The maximum absolute atomic E-state index is 13.3. The Hall–Kier alpha value is -2.50. The molecule has 1 unspecified atom stereocenters. The van der Waals surface area contributed by atoms with Gasteiger partial charge in [-0.05, 0) is 55.3 Å². The van der Waals surface area contributed by atoms with E-state index in [1.54, 1.807) is 0 Å². The van der Waals surface area contributed by atoms with Crippen molar-refractivity contribution >= 4 is 37.3 Å². The quantitative estimate of drug-likeness (QED) is 0.694. The maximum Gasteiger partial charge on any atom is 0.261 e. The van der Waals surface area contributed by atoms with Gasteiger partial charge in [-0.2, -0.15) is 0 Å². The molecule has 1 heterocycles. The fourth-order valence-electron chi connectivity index (χ4n) is 3.19. The molecule has 1 saturated heterocycles. The first kappa shape index (κ1) is 22.2. The number of hydrogen-bond donors (Lipinski definition) is 2. The molecule has 2 N–H and O–H groups in total. The van der Waals surface area contributed by atoms with E-state index in [1.165, 1.54) is 46.8 Å². The molecule has 162 valence electrons. The predicted octanol–water partition coefficient (Wildman–Crippen LogP) is 2.24. The smallest absolute Gasteiger partial charge is 0.261 e. The predicted molar refractivity (Wildman–Crippen MR) is 111 cm³/mol. The number of halogens is 1. The van der Waals surface area contributed by atoms with Gasteiger partial charge in [0, 0.05) is 18.8 Å². The minimum Gasteiger partial charge on any atom is -0.326 e. The van der Waals surface area contributed by atoms with Gasteiger partial charge in [-0.3, -0.25) is 9.52 Å². The molecule has 0 bridgehead atoms. The third kappa shape index (κ3) is 5.55. The van der Waals surface area contributed by atoms with Crippen LogP contribution in [-0.4, -0.2) is 46.4 Å². The van der Waals surface area contributed by atoms with Gasteiger partial charge in [0.2, 0.25) is 15.9 Å². The SMILES string of the molecule is CS(=O)(=O)N1CCCC(C(=O)Nc2ccc(S(=O)(=O)Nc3cccc(F)c3)cc2)C1. The van der Waals surface area contributed by atoms with Gasteiger partial charge in [-0.25, -0.2) is 25.5 Å². The van der Waals surface area contributed by atoms with Crippen molar-refractivity contribution in [3.8, 4) is 0 Å². The Kier molecular flexibility index (Phi) is 6.44. The minimum absolute atomic E-state index is 0.0503. The number of carbonyl (C=O) groups is 1. The van der Waals surface area contributed by atoms with E-state index in [9.17, 15) is 26.0 Å². The molecule has 3 rings (SSSR count). The van der Waals surface area contributed by atoms with Gasteiger partial charge in [-0.15, -0.1) is 0 Å². The molecule has 0 saturated carbocycles. The average Bonchev–Trinajstić information content (AvgIpc) is 2.67. The van der Waals surface area contributed by atoms with Gasteiger partial charge >= 0.3 is 0 Å². The van der Waals surface area contributed by atoms with E-state index in [-0.39, 0.29) is 23.0 Å². The fourth-order valence-corrected chi connectivity index (χ4v) is 5.15. The lowest BCUT2D eigenvalue weighted by Crippen LogP contribution is -2.43. The van der Waals surface area contributed by atoms with Crippen molar-refractivity contribution in [1.29, 1.82) is 0 Å².